The lowest BCUT2D eigenvalue weighted by Crippen LogP contribution is -2.50. The van der Waals surface area contributed by atoms with Crippen molar-refractivity contribution in [3.63, 3.8) is 0 Å². The number of hydrogen-bond acceptors (Lipinski definition) is 3. The Bertz CT molecular complexity index is 324. The Morgan fingerprint density at radius 1 is 1.11 bits per heavy atom. The smallest absolute Gasteiger partial charge is 0.226 e. The van der Waals surface area contributed by atoms with Crippen LogP contribution >= 0.6 is 0 Å². The minimum atomic E-state index is 0.0566. The van der Waals surface area contributed by atoms with Gasteiger partial charge in [0.15, 0.2) is 0 Å². The minimum absolute atomic E-state index is 0.0566. The fourth-order valence-corrected chi connectivity index (χ4v) is 3.37. The van der Waals surface area contributed by atoms with Crippen molar-refractivity contribution in [2.45, 2.75) is 32.6 Å². The molecule has 1 amide bonds. The molecule has 1 saturated carbocycles. The van der Waals surface area contributed by atoms with Gasteiger partial charge >= 0.3 is 0 Å². The third-order valence-corrected chi connectivity index (χ3v) is 4.92. The van der Waals surface area contributed by atoms with E-state index in [-0.39, 0.29) is 23.7 Å². The first-order valence-corrected chi connectivity index (χ1v) is 7.56. The van der Waals surface area contributed by atoms with Gasteiger partial charge in [0.25, 0.3) is 0 Å². The van der Waals surface area contributed by atoms with Gasteiger partial charge in [0, 0.05) is 38.0 Å². The standard InChI is InChI=1S/C15H26N2O2/c1-12-13(11-18)5-3-4-6-14(12)15(19)17-9-7-16(2)8-10-17/h11-14H,3-10H2,1-2H3. The first kappa shape index (κ1) is 14.5. The molecule has 19 heavy (non-hydrogen) atoms. The fraction of sp³-hybridized carbons (Fsp3) is 0.867. The van der Waals surface area contributed by atoms with E-state index >= 15 is 0 Å². The van der Waals surface area contributed by atoms with E-state index < -0.39 is 0 Å². The zero-order valence-corrected chi connectivity index (χ0v) is 12.2. The van der Waals surface area contributed by atoms with Crippen molar-refractivity contribution in [1.29, 1.82) is 0 Å². The van der Waals surface area contributed by atoms with Crippen molar-refractivity contribution in [3.05, 3.63) is 0 Å². The molecule has 1 saturated heterocycles. The summed E-state index contributed by atoms with van der Waals surface area (Å²) in [6, 6.07) is 0. The van der Waals surface area contributed by atoms with E-state index in [9.17, 15) is 9.59 Å². The lowest BCUT2D eigenvalue weighted by molar-refractivity contribution is -0.139. The molecular formula is C15H26N2O2. The number of nitrogens with zero attached hydrogens (tertiary/aromatic N) is 2. The van der Waals surface area contributed by atoms with Crippen molar-refractivity contribution >= 4 is 12.2 Å². The number of piperazine rings is 1. The number of carbonyl (C=O) groups excluding carboxylic acids is 2. The Labute approximate surface area is 116 Å². The summed E-state index contributed by atoms with van der Waals surface area (Å²) in [5, 5.41) is 0. The molecule has 0 radical (unpaired) electrons. The second kappa shape index (κ2) is 6.51. The van der Waals surface area contributed by atoms with Crippen molar-refractivity contribution in [1.82, 2.24) is 9.80 Å². The molecule has 2 aliphatic rings. The van der Waals surface area contributed by atoms with Gasteiger partial charge in [-0.05, 0) is 25.8 Å². The first-order valence-electron chi connectivity index (χ1n) is 7.56. The van der Waals surface area contributed by atoms with Crippen LogP contribution in [0.2, 0.25) is 0 Å². The second-order valence-electron chi connectivity index (χ2n) is 6.18. The lowest BCUT2D eigenvalue weighted by Gasteiger charge is -2.36. The molecule has 0 bridgehead atoms. The van der Waals surface area contributed by atoms with Gasteiger partial charge < -0.3 is 14.6 Å². The molecule has 4 heteroatoms. The molecule has 1 aliphatic heterocycles. The average Bonchev–Trinajstić information content (AvgIpc) is 2.60. The second-order valence-corrected chi connectivity index (χ2v) is 6.18. The van der Waals surface area contributed by atoms with Crippen LogP contribution in [0.1, 0.15) is 32.6 Å². The number of amides is 1. The van der Waals surface area contributed by atoms with Crippen LogP contribution in [0, 0.1) is 17.8 Å². The number of aldehydes is 1. The largest absolute Gasteiger partial charge is 0.340 e. The van der Waals surface area contributed by atoms with Crippen LogP contribution < -0.4 is 0 Å². The third kappa shape index (κ3) is 3.35. The normalized spacial score (nSPS) is 33.8. The number of hydrogen-bond donors (Lipinski definition) is 0. The predicted molar refractivity (Wildman–Crippen MR) is 74.8 cm³/mol. The highest BCUT2D eigenvalue weighted by atomic mass is 16.2. The molecule has 2 fully saturated rings. The summed E-state index contributed by atoms with van der Waals surface area (Å²) < 4.78 is 0. The highest BCUT2D eigenvalue weighted by molar-refractivity contribution is 5.79. The molecule has 2 rings (SSSR count). The summed E-state index contributed by atoms with van der Waals surface area (Å²) in [6.45, 7) is 5.69. The lowest BCUT2D eigenvalue weighted by atomic mass is 9.81. The monoisotopic (exact) mass is 266 g/mol. The van der Waals surface area contributed by atoms with E-state index in [4.69, 9.17) is 0 Å². The van der Waals surface area contributed by atoms with E-state index in [2.05, 4.69) is 18.9 Å². The number of carbonyl (C=O) groups is 2. The summed E-state index contributed by atoms with van der Waals surface area (Å²) in [6.07, 6.45) is 5.15. The molecule has 3 unspecified atom stereocenters. The molecule has 1 aliphatic carbocycles. The Kier molecular flexibility index (Phi) is 4.97. The maximum Gasteiger partial charge on any atom is 0.226 e. The van der Waals surface area contributed by atoms with E-state index in [1.165, 1.54) is 0 Å². The molecule has 108 valence electrons. The van der Waals surface area contributed by atoms with E-state index in [1.807, 2.05) is 4.90 Å². The van der Waals surface area contributed by atoms with Crippen molar-refractivity contribution in [3.8, 4) is 0 Å². The maximum absolute atomic E-state index is 12.7. The van der Waals surface area contributed by atoms with Gasteiger partial charge in [-0.3, -0.25) is 4.79 Å². The molecule has 0 aromatic rings. The quantitative estimate of drug-likeness (QED) is 0.560. The Hall–Kier alpha value is -0.900. The predicted octanol–water partition coefficient (Wildman–Crippen LogP) is 1.40. The van der Waals surface area contributed by atoms with Gasteiger partial charge in [0.2, 0.25) is 5.91 Å². The first-order chi connectivity index (χ1) is 9.13. The summed E-state index contributed by atoms with van der Waals surface area (Å²) in [5.41, 5.74) is 0. The van der Waals surface area contributed by atoms with Gasteiger partial charge in [-0.15, -0.1) is 0 Å². The zero-order chi connectivity index (χ0) is 13.8. The Balaban J connectivity index is 2.01. The van der Waals surface area contributed by atoms with Crippen LogP contribution in [-0.4, -0.2) is 55.2 Å². The summed E-state index contributed by atoms with van der Waals surface area (Å²) in [7, 11) is 2.10. The van der Waals surface area contributed by atoms with Gasteiger partial charge in [-0.1, -0.05) is 19.8 Å². The molecule has 0 aromatic heterocycles. The topological polar surface area (TPSA) is 40.6 Å². The van der Waals surface area contributed by atoms with Crippen LogP contribution in [-0.2, 0) is 9.59 Å². The van der Waals surface area contributed by atoms with Crippen LogP contribution in [0.4, 0.5) is 0 Å². The molecule has 1 heterocycles. The third-order valence-electron chi connectivity index (χ3n) is 4.92. The fourth-order valence-electron chi connectivity index (χ4n) is 3.37. The van der Waals surface area contributed by atoms with Gasteiger partial charge in [-0.25, -0.2) is 0 Å². The molecule has 0 spiro atoms. The number of likely N-dealkylation sites (N-methyl/N-ethyl adjacent to an activating group) is 1. The van der Waals surface area contributed by atoms with E-state index in [0.29, 0.717) is 0 Å². The zero-order valence-electron chi connectivity index (χ0n) is 12.2. The molecule has 3 atom stereocenters. The van der Waals surface area contributed by atoms with Crippen LogP contribution in [0.3, 0.4) is 0 Å². The SMILES string of the molecule is CC1C(C=O)CCCCC1C(=O)N1CCN(C)CC1. The Morgan fingerprint density at radius 3 is 2.37 bits per heavy atom. The molecule has 0 aromatic carbocycles. The van der Waals surface area contributed by atoms with Gasteiger partial charge in [-0.2, -0.15) is 0 Å². The minimum Gasteiger partial charge on any atom is -0.340 e. The summed E-state index contributed by atoms with van der Waals surface area (Å²) >= 11 is 0. The molecular weight excluding hydrogens is 240 g/mol. The van der Waals surface area contributed by atoms with E-state index in [1.54, 1.807) is 0 Å². The summed E-state index contributed by atoms with van der Waals surface area (Å²) in [4.78, 5) is 28.1. The van der Waals surface area contributed by atoms with Crippen molar-refractivity contribution < 1.29 is 9.59 Å². The maximum atomic E-state index is 12.7. The van der Waals surface area contributed by atoms with Gasteiger partial charge in [0.1, 0.15) is 6.29 Å². The highest BCUT2D eigenvalue weighted by Gasteiger charge is 2.35. The average molecular weight is 266 g/mol. The van der Waals surface area contributed by atoms with Crippen molar-refractivity contribution in [2.75, 3.05) is 33.2 Å². The summed E-state index contributed by atoms with van der Waals surface area (Å²) in [5.74, 6) is 0.617. The van der Waals surface area contributed by atoms with Crippen molar-refractivity contribution in [2.24, 2.45) is 17.8 Å². The van der Waals surface area contributed by atoms with Gasteiger partial charge in [0.05, 0.1) is 0 Å². The number of rotatable bonds is 2. The van der Waals surface area contributed by atoms with Crippen LogP contribution in [0.5, 0.6) is 0 Å². The molecule has 4 nitrogen and oxygen atoms in total. The van der Waals surface area contributed by atoms with Crippen LogP contribution in [0.25, 0.3) is 0 Å². The van der Waals surface area contributed by atoms with E-state index in [0.717, 1.165) is 58.1 Å². The highest BCUT2D eigenvalue weighted by Crippen LogP contribution is 2.33. The Morgan fingerprint density at radius 2 is 1.74 bits per heavy atom. The molecule has 0 N–H and O–H groups in total. The van der Waals surface area contributed by atoms with Crippen LogP contribution in [0.15, 0.2) is 0 Å².